The fourth-order valence-corrected chi connectivity index (χ4v) is 2.06. The van der Waals surface area contributed by atoms with Crippen molar-refractivity contribution in [1.82, 2.24) is 14.9 Å². The van der Waals surface area contributed by atoms with Gasteiger partial charge in [0.1, 0.15) is 5.92 Å². The predicted molar refractivity (Wildman–Crippen MR) is 74.5 cm³/mol. The molecule has 1 atom stereocenters. The van der Waals surface area contributed by atoms with Crippen LogP contribution in [-0.4, -0.2) is 27.4 Å². The third-order valence-corrected chi connectivity index (χ3v) is 3.09. The number of nitrogen functional groups attached to an aromatic ring is 2. The zero-order chi connectivity index (χ0) is 14.7. The maximum Gasteiger partial charge on any atom is 0.321 e. The molecule has 0 aliphatic carbocycles. The van der Waals surface area contributed by atoms with Gasteiger partial charge in [-0.05, 0) is 18.6 Å². The predicted octanol–water partition coefficient (Wildman–Crippen LogP) is 0.923. The first-order valence-electron chi connectivity index (χ1n) is 5.93. The third-order valence-electron chi connectivity index (χ3n) is 2.75. The fourth-order valence-electron chi connectivity index (χ4n) is 1.82. The Morgan fingerprint density at radius 2 is 2.15 bits per heavy atom. The van der Waals surface area contributed by atoms with Gasteiger partial charge in [-0.25, -0.2) is 4.68 Å². The topological polar surface area (TPSA) is 109 Å². The molecule has 1 aromatic carbocycles. The van der Waals surface area contributed by atoms with Gasteiger partial charge in [0, 0.05) is 5.02 Å². The first kappa shape index (κ1) is 14.1. The first-order chi connectivity index (χ1) is 9.56. The van der Waals surface area contributed by atoms with Crippen LogP contribution in [0.2, 0.25) is 5.02 Å². The monoisotopic (exact) mass is 295 g/mol. The Bertz CT molecular complexity index is 628. The number of nitrogens with two attached hydrogens (primary N) is 2. The van der Waals surface area contributed by atoms with E-state index in [0.29, 0.717) is 10.6 Å². The van der Waals surface area contributed by atoms with Crippen LogP contribution in [0.15, 0.2) is 24.3 Å². The van der Waals surface area contributed by atoms with E-state index in [4.69, 9.17) is 27.9 Å². The minimum Gasteiger partial charge on any atom is -0.465 e. The summed E-state index contributed by atoms with van der Waals surface area (Å²) in [5.41, 5.74) is 6.08. The summed E-state index contributed by atoms with van der Waals surface area (Å²) in [5, 5.41) is 7.90. The molecule has 0 aliphatic heterocycles. The molecule has 0 aliphatic rings. The van der Waals surface area contributed by atoms with Crippen LogP contribution in [0.5, 0.6) is 0 Å². The van der Waals surface area contributed by atoms with Gasteiger partial charge in [-0.15, -0.1) is 10.2 Å². The smallest absolute Gasteiger partial charge is 0.321 e. The largest absolute Gasteiger partial charge is 0.465 e. The molecule has 1 heterocycles. The zero-order valence-corrected chi connectivity index (χ0v) is 11.5. The number of anilines is 1. The standard InChI is InChI=1S/C12H14ClN5O2/c1-2-20-11(19)9(7-5-3-4-6-8(7)13)10-16-17-12(14)18(10)15/h3-6,9H,2,15H2,1H3,(H2,14,17). The quantitative estimate of drug-likeness (QED) is 0.641. The van der Waals surface area contributed by atoms with E-state index >= 15 is 0 Å². The van der Waals surface area contributed by atoms with Crippen LogP contribution in [0, 0.1) is 0 Å². The normalized spacial score (nSPS) is 12.1. The van der Waals surface area contributed by atoms with Crippen LogP contribution in [0.25, 0.3) is 0 Å². The van der Waals surface area contributed by atoms with Gasteiger partial charge in [0.15, 0.2) is 5.82 Å². The number of carbonyl (C=O) groups is 1. The molecule has 0 radical (unpaired) electrons. The maximum absolute atomic E-state index is 12.2. The molecule has 0 amide bonds. The van der Waals surface area contributed by atoms with E-state index < -0.39 is 11.9 Å². The lowest BCUT2D eigenvalue weighted by Crippen LogP contribution is -2.25. The molecule has 0 saturated heterocycles. The molecule has 1 unspecified atom stereocenters. The summed E-state index contributed by atoms with van der Waals surface area (Å²) in [5.74, 6) is 4.53. The van der Waals surface area contributed by atoms with Crippen molar-refractivity contribution in [3.8, 4) is 0 Å². The Kier molecular flexibility index (Phi) is 4.09. The van der Waals surface area contributed by atoms with Crippen molar-refractivity contribution < 1.29 is 9.53 Å². The summed E-state index contributed by atoms with van der Waals surface area (Å²) >= 11 is 6.13. The number of hydrogen-bond donors (Lipinski definition) is 2. The molecule has 1 aromatic heterocycles. The van der Waals surface area contributed by atoms with Gasteiger partial charge in [0.25, 0.3) is 0 Å². The van der Waals surface area contributed by atoms with Crippen molar-refractivity contribution >= 4 is 23.5 Å². The van der Waals surface area contributed by atoms with Crippen LogP contribution < -0.4 is 11.6 Å². The van der Waals surface area contributed by atoms with Crippen LogP contribution in [-0.2, 0) is 9.53 Å². The first-order valence-corrected chi connectivity index (χ1v) is 6.31. The Morgan fingerprint density at radius 1 is 1.45 bits per heavy atom. The highest BCUT2D eigenvalue weighted by Crippen LogP contribution is 2.30. The lowest BCUT2D eigenvalue weighted by Gasteiger charge is -2.16. The van der Waals surface area contributed by atoms with Crippen molar-refractivity contribution in [2.75, 3.05) is 18.2 Å². The average molecular weight is 296 g/mol. The Labute approximate surface area is 120 Å². The van der Waals surface area contributed by atoms with Crippen LogP contribution >= 0.6 is 11.6 Å². The van der Waals surface area contributed by atoms with E-state index in [2.05, 4.69) is 10.2 Å². The van der Waals surface area contributed by atoms with Crippen molar-refractivity contribution in [3.63, 3.8) is 0 Å². The fraction of sp³-hybridized carbons (Fsp3) is 0.250. The van der Waals surface area contributed by atoms with Gasteiger partial charge >= 0.3 is 5.97 Å². The maximum atomic E-state index is 12.2. The highest BCUT2D eigenvalue weighted by Gasteiger charge is 2.31. The van der Waals surface area contributed by atoms with Gasteiger partial charge in [-0.2, -0.15) is 0 Å². The molecule has 4 N–H and O–H groups in total. The zero-order valence-electron chi connectivity index (χ0n) is 10.8. The number of esters is 1. The minimum atomic E-state index is -0.876. The molecule has 0 spiro atoms. The Morgan fingerprint density at radius 3 is 2.70 bits per heavy atom. The number of aromatic nitrogens is 3. The van der Waals surface area contributed by atoms with Gasteiger partial charge in [-0.3, -0.25) is 4.79 Å². The summed E-state index contributed by atoms with van der Waals surface area (Å²) in [4.78, 5) is 12.2. The Balaban J connectivity index is 2.54. The molecular weight excluding hydrogens is 282 g/mol. The number of carbonyl (C=O) groups excluding carboxylic acids is 1. The molecular formula is C12H14ClN5O2. The lowest BCUT2D eigenvalue weighted by atomic mass is 9.98. The number of halogens is 1. The number of benzene rings is 1. The summed E-state index contributed by atoms with van der Waals surface area (Å²) in [6.45, 7) is 1.94. The third kappa shape index (κ3) is 2.53. The van der Waals surface area contributed by atoms with Gasteiger partial charge < -0.3 is 16.3 Å². The van der Waals surface area contributed by atoms with Crippen molar-refractivity contribution in [2.24, 2.45) is 0 Å². The van der Waals surface area contributed by atoms with Gasteiger partial charge in [-0.1, -0.05) is 29.8 Å². The number of nitrogens with zero attached hydrogens (tertiary/aromatic N) is 3. The molecule has 0 fully saturated rings. The number of hydrogen-bond acceptors (Lipinski definition) is 6. The molecule has 2 aromatic rings. The van der Waals surface area contributed by atoms with E-state index in [1.807, 2.05) is 0 Å². The molecule has 0 saturated carbocycles. The summed E-state index contributed by atoms with van der Waals surface area (Å²) in [7, 11) is 0. The van der Waals surface area contributed by atoms with Crippen LogP contribution in [0.4, 0.5) is 5.95 Å². The molecule has 2 rings (SSSR count). The van der Waals surface area contributed by atoms with Gasteiger partial charge in [0.05, 0.1) is 6.61 Å². The summed E-state index contributed by atoms with van der Waals surface area (Å²) < 4.78 is 6.10. The molecule has 20 heavy (non-hydrogen) atoms. The average Bonchev–Trinajstić information content (AvgIpc) is 2.74. The number of rotatable bonds is 4. The minimum absolute atomic E-state index is 0.00125. The van der Waals surface area contributed by atoms with Crippen LogP contribution in [0.3, 0.4) is 0 Å². The lowest BCUT2D eigenvalue weighted by molar-refractivity contribution is -0.144. The van der Waals surface area contributed by atoms with Crippen LogP contribution in [0.1, 0.15) is 24.2 Å². The second-order valence-electron chi connectivity index (χ2n) is 3.99. The summed E-state index contributed by atoms with van der Waals surface area (Å²) in [6, 6.07) is 6.89. The van der Waals surface area contributed by atoms with Crippen molar-refractivity contribution in [2.45, 2.75) is 12.8 Å². The molecule has 7 nitrogen and oxygen atoms in total. The number of ether oxygens (including phenoxy) is 1. The second-order valence-corrected chi connectivity index (χ2v) is 4.40. The van der Waals surface area contributed by atoms with Gasteiger partial charge in [0.2, 0.25) is 5.95 Å². The molecule has 8 heteroatoms. The highest BCUT2D eigenvalue weighted by atomic mass is 35.5. The highest BCUT2D eigenvalue weighted by molar-refractivity contribution is 6.31. The Hall–Kier alpha value is -2.28. The van der Waals surface area contributed by atoms with E-state index in [9.17, 15) is 4.79 Å². The van der Waals surface area contributed by atoms with E-state index in [1.54, 1.807) is 31.2 Å². The molecule has 0 bridgehead atoms. The van der Waals surface area contributed by atoms with E-state index in [1.165, 1.54) is 0 Å². The molecule has 106 valence electrons. The van der Waals surface area contributed by atoms with Crippen molar-refractivity contribution in [1.29, 1.82) is 0 Å². The van der Waals surface area contributed by atoms with Crippen molar-refractivity contribution in [3.05, 3.63) is 40.7 Å². The van der Waals surface area contributed by atoms with E-state index in [-0.39, 0.29) is 18.4 Å². The SMILES string of the molecule is CCOC(=O)C(c1ccccc1Cl)c1nnc(N)n1N. The summed E-state index contributed by atoms with van der Waals surface area (Å²) in [6.07, 6.45) is 0. The van der Waals surface area contributed by atoms with E-state index in [0.717, 1.165) is 4.68 Å². The second kappa shape index (κ2) is 5.79.